The number of nitrogens with two attached hydrogens (primary N) is 2. The fourth-order valence-corrected chi connectivity index (χ4v) is 2.80. The van der Waals surface area contributed by atoms with Crippen LogP contribution < -0.4 is 21.7 Å². The van der Waals surface area contributed by atoms with Crippen LogP contribution in [0.5, 0.6) is 5.75 Å². The van der Waals surface area contributed by atoms with Gasteiger partial charge >= 0.3 is 0 Å². The van der Waals surface area contributed by atoms with Gasteiger partial charge in [0.1, 0.15) is 5.75 Å². The van der Waals surface area contributed by atoms with Crippen molar-refractivity contribution >= 4 is 22.7 Å². The summed E-state index contributed by atoms with van der Waals surface area (Å²) in [4.78, 5) is 8.35. The average molecular weight is 293 g/mol. The zero-order chi connectivity index (χ0) is 15.1. The fourth-order valence-electron chi connectivity index (χ4n) is 2.80. The summed E-state index contributed by atoms with van der Waals surface area (Å²) in [6, 6.07) is 12.2. The van der Waals surface area contributed by atoms with Crippen molar-refractivity contribution in [2.45, 2.75) is 6.42 Å². The van der Waals surface area contributed by atoms with Crippen LogP contribution >= 0.6 is 0 Å². The monoisotopic (exact) mass is 293 g/mol. The Kier molecular flexibility index (Phi) is 2.83. The quantitative estimate of drug-likeness (QED) is 0.494. The summed E-state index contributed by atoms with van der Waals surface area (Å²) < 4.78 is 5.55. The first kappa shape index (κ1) is 12.8. The number of nitrogens with one attached hydrogen (secondary N) is 1. The lowest BCUT2D eigenvalue weighted by Crippen LogP contribution is -2.11. The third-order valence-corrected chi connectivity index (χ3v) is 3.87. The Labute approximate surface area is 127 Å². The highest BCUT2D eigenvalue weighted by Crippen LogP contribution is 2.32. The van der Waals surface area contributed by atoms with Crippen LogP contribution in [0.2, 0.25) is 0 Å². The van der Waals surface area contributed by atoms with E-state index < -0.39 is 0 Å². The summed E-state index contributed by atoms with van der Waals surface area (Å²) in [5.41, 5.74) is 12.5. The third-order valence-electron chi connectivity index (χ3n) is 3.87. The van der Waals surface area contributed by atoms with Gasteiger partial charge in [0.25, 0.3) is 0 Å². The molecule has 6 heteroatoms. The van der Waals surface area contributed by atoms with Gasteiger partial charge in [-0.2, -0.15) is 4.98 Å². The van der Waals surface area contributed by atoms with Crippen LogP contribution in [0.15, 0.2) is 36.4 Å². The summed E-state index contributed by atoms with van der Waals surface area (Å²) in [6.45, 7) is 0.755. The SMILES string of the molecule is NNc1nc(N)nc2ccc(-c3ccc4c(c3)CCO4)cc12. The molecule has 1 aliphatic rings. The second-order valence-electron chi connectivity index (χ2n) is 5.23. The maximum Gasteiger partial charge on any atom is 0.222 e. The smallest absolute Gasteiger partial charge is 0.222 e. The van der Waals surface area contributed by atoms with Crippen molar-refractivity contribution in [2.75, 3.05) is 17.8 Å². The molecule has 2 aromatic carbocycles. The minimum Gasteiger partial charge on any atom is -0.493 e. The fraction of sp³-hybridized carbons (Fsp3) is 0.125. The summed E-state index contributed by atoms with van der Waals surface area (Å²) in [7, 11) is 0. The van der Waals surface area contributed by atoms with E-state index in [1.807, 2.05) is 24.3 Å². The molecule has 0 atom stereocenters. The number of rotatable bonds is 2. The van der Waals surface area contributed by atoms with Crippen LogP contribution in [0.3, 0.4) is 0 Å². The molecule has 3 aromatic rings. The van der Waals surface area contributed by atoms with Crippen LogP contribution in [0.25, 0.3) is 22.0 Å². The van der Waals surface area contributed by atoms with Gasteiger partial charge in [-0.3, -0.25) is 0 Å². The number of fused-ring (bicyclic) bond motifs is 2. The van der Waals surface area contributed by atoms with Crippen molar-refractivity contribution in [3.8, 4) is 16.9 Å². The average Bonchev–Trinajstić information content (AvgIpc) is 3.01. The molecule has 0 bridgehead atoms. The molecule has 5 N–H and O–H groups in total. The molecule has 0 spiro atoms. The summed E-state index contributed by atoms with van der Waals surface area (Å²) in [5.74, 6) is 7.23. The van der Waals surface area contributed by atoms with Gasteiger partial charge in [-0.15, -0.1) is 0 Å². The number of aromatic nitrogens is 2. The molecule has 1 aliphatic heterocycles. The summed E-state index contributed by atoms with van der Waals surface area (Å²) in [6.07, 6.45) is 0.950. The van der Waals surface area contributed by atoms with E-state index in [-0.39, 0.29) is 5.95 Å². The molecular formula is C16H15N5O. The van der Waals surface area contributed by atoms with Crippen LogP contribution in [-0.4, -0.2) is 16.6 Å². The predicted molar refractivity (Wildman–Crippen MR) is 86.4 cm³/mol. The van der Waals surface area contributed by atoms with Gasteiger partial charge in [0.2, 0.25) is 5.95 Å². The molecule has 0 fully saturated rings. The molecule has 0 saturated heterocycles. The molecule has 0 saturated carbocycles. The van der Waals surface area contributed by atoms with Gasteiger partial charge in [0.15, 0.2) is 5.82 Å². The number of hydrazine groups is 1. The van der Waals surface area contributed by atoms with Crippen molar-refractivity contribution in [3.05, 3.63) is 42.0 Å². The Morgan fingerprint density at radius 3 is 2.73 bits per heavy atom. The minimum absolute atomic E-state index is 0.197. The van der Waals surface area contributed by atoms with Crippen molar-refractivity contribution in [1.82, 2.24) is 9.97 Å². The van der Waals surface area contributed by atoms with E-state index in [2.05, 4.69) is 27.5 Å². The second-order valence-corrected chi connectivity index (χ2v) is 5.23. The van der Waals surface area contributed by atoms with E-state index in [4.69, 9.17) is 16.3 Å². The molecule has 0 aliphatic carbocycles. The second kappa shape index (κ2) is 4.85. The lowest BCUT2D eigenvalue weighted by molar-refractivity contribution is 0.357. The van der Waals surface area contributed by atoms with Crippen LogP contribution in [0.1, 0.15) is 5.56 Å². The molecule has 4 rings (SSSR count). The number of ether oxygens (including phenoxy) is 1. The molecule has 0 unspecified atom stereocenters. The molecule has 1 aromatic heterocycles. The standard InChI is InChI=1S/C16H15N5O/c17-16-19-13-3-1-10(8-12(13)15(20-16)21-18)9-2-4-14-11(7-9)5-6-22-14/h1-4,7-8H,5-6,18H2,(H3,17,19,20,21). The topological polar surface area (TPSA) is 99.1 Å². The Balaban J connectivity index is 1.87. The number of hydrogen-bond donors (Lipinski definition) is 3. The van der Waals surface area contributed by atoms with Gasteiger partial charge in [-0.05, 0) is 41.0 Å². The van der Waals surface area contributed by atoms with Gasteiger partial charge in [0, 0.05) is 11.8 Å². The van der Waals surface area contributed by atoms with Crippen molar-refractivity contribution < 1.29 is 4.74 Å². The third kappa shape index (κ3) is 2.01. The number of anilines is 2. The highest BCUT2D eigenvalue weighted by molar-refractivity contribution is 5.93. The normalized spacial score (nSPS) is 13.0. The zero-order valence-corrected chi connectivity index (χ0v) is 11.8. The highest BCUT2D eigenvalue weighted by Gasteiger charge is 2.13. The number of nitrogens with zero attached hydrogens (tertiary/aromatic N) is 2. The number of benzene rings is 2. The lowest BCUT2D eigenvalue weighted by atomic mass is 10.0. The van der Waals surface area contributed by atoms with Gasteiger partial charge < -0.3 is 15.9 Å². The van der Waals surface area contributed by atoms with Crippen molar-refractivity contribution in [2.24, 2.45) is 5.84 Å². The van der Waals surface area contributed by atoms with Gasteiger partial charge in [-0.1, -0.05) is 12.1 Å². The van der Waals surface area contributed by atoms with E-state index in [0.717, 1.165) is 40.8 Å². The van der Waals surface area contributed by atoms with E-state index in [0.29, 0.717) is 5.82 Å². The maximum absolute atomic E-state index is 5.68. The first-order valence-corrected chi connectivity index (χ1v) is 7.04. The summed E-state index contributed by atoms with van der Waals surface area (Å²) in [5, 5.41) is 0.839. The van der Waals surface area contributed by atoms with Crippen LogP contribution in [0.4, 0.5) is 11.8 Å². The van der Waals surface area contributed by atoms with E-state index in [1.54, 1.807) is 0 Å². The number of nitrogen functional groups attached to an aromatic ring is 2. The zero-order valence-electron chi connectivity index (χ0n) is 11.8. The summed E-state index contributed by atoms with van der Waals surface area (Å²) >= 11 is 0. The molecule has 6 nitrogen and oxygen atoms in total. The Morgan fingerprint density at radius 1 is 1.05 bits per heavy atom. The lowest BCUT2D eigenvalue weighted by Gasteiger charge is -2.09. The first-order valence-electron chi connectivity index (χ1n) is 7.04. The molecule has 0 radical (unpaired) electrons. The Hall–Kier alpha value is -2.86. The van der Waals surface area contributed by atoms with E-state index in [9.17, 15) is 0 Å². The highest BCUT2D eigenvalue weighted by atomic mass is 16.5. The Bertz CT molecular complexity index is 878. The largest absolute Gasteiger partial charge is 0.493 e. The van der Waals surface area contributed by atoms with Crippen LogP contribution in [-0.2, 0) is 6.42 Å². The van der Waals surface area contributed by atoms with Gasteiger partial charge in [-0.25, -0.2) is 10.8 Å². The number of hydrogen-bond acceptors (Lipinski definition) is 6. The van der Waals surface area contributed by atoms with Crippen LogP contribution in [0, 0.1) is 0 Å². The van der Waals surface area contributed by atoms with Crippen molar-refractivity contribution in [3.63, 3.8) is 0 Å². The molecular weight excluding hydrogens is 278 g/mol. The molecule has 0 amide bonds. The molecule has 2 heterocycles. The minimum atomic E-state index is 0.197. The predicted octanol–water partition coefficient (Wildman–Crippen LogP) is 2.10. The first-order chi connectivity index (χ1) is 10.7. The van der Waals surface area contributed by atoms with E-state index >= 15 is 0 Å². The Morgan fingerprint density at radius 2 is 1.86 bits per heavy atom. The van der Waals surface area contributed by atoms with Crippen molar-refractivity contribution in [1.29, 1.82) is 0 Å². The molecule has 22 heavy (non-hydrogen) atoms. The van der Waals surface area contributed by atoms with E-state index in [1.165, 1.54) is 5.56 Å². The van der Waals surface area contributed by atoms with Gasteiger partial charge in [0.05, 0.1) is 12.1 Å². The maximum atomic E-state index is 5.68. The molecule has 110 valence electrons.